The van der Waals surface area contributed by atoms with Crippen LogP contribution in [0.1, 0.15) is 55.1 Å². The Kier molecular flexibility index (Phi) is 4.55. The van der Waals surface area contributed by atoms with Crippen molar-refractivity contribution in [2.45, 2.75) is 52.5 Å². The van der Waals surface area contributed by atoms with E-state index in [1.54, 1.807) is 23.8 Å². The van der Waals surface area contributed by atoms with E-state index in [2.05, 4.69) is 5.32 Å². The number of amides is 1. The summed E-state index contributed by atoms with van der Waals surface area (Å²) < 4.78 is 7.21. The van der Waals surface area contributed by atoms with Gasteiger partial charge in [0, 0.05) is 19.3 Å². The number of aryl methyl sites for hydroxylation is 2. The first-order valence-electron chi connectivity index (χ1n) is 8.52. The van der Waals surface area contributed by atoms with Gasteiger partial charge in [-0.3, -0.25) is 9.59 Å². The highest BCUT2D eigenvalue weighted by Gasteiger charge is 2.22. The number of aromatic nitrogens is 1. The van der Waals surface area contributed by atoms with Crippen LogP contribution in [0.25, 0.3) is 11.0 Å². The molecule has 124 valence electrons. The maximum atomic E-state index is 12.6. The number of nitrogens with one attached hydrogen (secondary N) is 1. The maximum Gasteiger partial charge on any atom is 0.262 e. The fourth-order valence-electron chi connectivity index (χ4n) is 3.50. The fraction of sp³-hybridized carbons (Fsp3) is 0.556. The number of hydrogen-bond acceptors (Lipinski definition) is 3. The van der Waals surface area contributed by atoms with Gasteiger partial charge in [-0.25, -0.2) is 0 Å². The number of fused-ring (bicyclic) bond motifs is 1. The topological polar surface area (TPSA) is 64.2 Å². The Balaban J connectivity index is 1.87. The molecule has 0 spiro atoms. The van der Waals surface area contributed by atoms with Gasteiger partial charge in [-0.1, -0.05) is 19.3 Å². The zero-order valence-electron chi connectivity index (χ0n) is 13.9. The first-order chi connectivity index (χ1) is 11.1. The van der Waals surface area contributed by atoms with Crippen LogP contribution in [0.15, 0.2) is 21.5 Å². The van der Waals surface area contributed by atoms with Gasteiger partial charge in [0.2, 0.25) is 0 Å². The molecule has 2 aromatic heterocycles. The van der Waals surface area contributed by atoms with Crippen LogP contribution < -0.4 is 10.9 Å². The Labute approximate surface area is 135 Å². The fourth-order valence-corrected chi connectivity index (χ4v) is 3.50. The molecule has 1 amide bonds. The summed E-state index contributed by atoms with van der Waals surface area (Å²) in [5.41, 5.74) is 0.716. The summed E-state index contributed by atoms with van der Waals surface area (Å²) in [6.45, 7) is 4.90. The second-order valence-electron chi connectivity index (χ2n) is 6.39. The molecule has 23 heavy (non-hydrogen) atoms. The Morgan fingerprint density at radius 3 is 2.78 bits per heavy atom. The van der Waals surface area contributed by atoms with Gasteiger partial charge in [0.05, 0.1) is 10.9 Å². The number of rotatable bonds is 4. The van der Waals surface area contributed by atoms with Gasteiger partial charge < -0.3 is 14.3 Å². The van der Waals surface area contributed by atoms with Crippen LogP contribution >= 0.6 is 0 Å². The van der Waals surface area contributed by atoms with E-state index in [1.165, 1.54) is 32.1 Å². The molecule has 2 aromatic rings. The predicted molar refractivity (Wildman–Crippen MR) is 89.8 cm³/mol. The summed E-state index contributed by atoms with van der Waals surface area (Å²) in [6, 6.07) is 1.76. The number of carbonyl (C=O) groups excluding carboxylic acids is 1. The van der Waals surface area contributed by atoms with Crippen molar-refractivity contribution >= 4 is 16.9 Å². The van der Waals surface area contributed by atoms with Gasteiger partial charge in [-0.2, -0.15) is 0 Å². The lowest BCUT2D eigenvalue weighted by molar-refractivity contribution is 0.0943. The predicted octanol–water partition coefficient (Wildman–Crippen LogP) is 3.23. The third kappa shape index (κ3) is 3.05. The molecule has 0 radical (unpaired) electrons. The molecule has 1 N–H and O–H groups in total. The normalized spacial score (nSPS) is 15.9. The monoisotopic (exact) mass is 316 g/mol. The summed E-state index contributed by atoms with van der Waals surface area (Å²) in [4.78, 5) is 25.1. The summed E-state index contributed by atoms with van der Waals surface area (Å²) >= 11 is 0. The zero-order valence-corrected chi connectivity index (χ0v) is 13.9. The van der Waals surface area contributed by atoms with Crippen molar-refractivity contribution in [3.05, 3.63) is 33.9 Å². The third-order valence-electron chi connectivity index (χ3n) is 4.84. The van der Waals surface area contributed by atoms with E-state index in [-0.39, 0.29) is 11.5 Å². The molecule has 1 aliphatic carbocycles. The molecule has 0 saturated heterocycles. The van der Waals surface area contributed by atoms with Gasteiger partial charge in [0.1, 0.15) is 11.3 Å². The molecule has 5 heteroatoms. The molecule has 5 nitrogen and oxygen atoms in total. The van der Waals surface area contributed by atoms with E-state index in [0.717, 1.165) is 0 Å². The average molecular weight is 316 g/mol. The summed E-state index contributed by atoms with van der Waals surface area (Å²) in [6.07, 6.45) is 7.84. The van der Waals surface area contributed by atoms with E-state index in [4.69, 9.17) is 4.42 Å². The van der Waals surface area contributed by atoms with Crippen molar-refractivity contribution in [1.29, 1.82) is 0 Å². The van der Waals surface area contributed by atoms with Crippen molar-refractivity contribution in [3.63, 3.8) is 0 Å². The molecule has 0 unspecified atom stereocenters. The molecular formula is C18H24N2O3. The standard InChI is InChI=1S/C18H24N2O3/c1-3-20-10-9-14-16(18(20)22)15(12(2)23-14)17(21)19-11-13-7-5-4-6-8-13/h9-10,13H,3-8,11H2,1-2H3,(H,19,21). The van der Waals surface area contributed by atoms with Crippen LogP contribution in [0.2, 0.25) is 0 Å². The smallest absolute Gasteiger partial charge is 0.262 e. The molecule has 0 aliphatic heterocycles. The second kappa shape index (κ2) is 6.60. The number of pyridine rings is 1. The van der Waals surface area contributed by atoms with E-state index in [1.807, 2.05) is 6.92 Å². The first-order valence-corrected chi connectivity index (χ1v) is 8.52. The molecule has 1 aliphatic rings. The number of carbonyl (C=O) groups is 1. The Hall–Kier alpha value is -2.04. The lowest BCUT2D eigenvalue weighted by Gasteiger charge is -2.21. The lowest BCUT2D eigenvalue weighted by Crippen LogP contribution is -2.31. The van der Waals surface area contributed by atoms with Crippen LogP contribution in [0.4, 0.5) is 0 Å². The van der Waals surface area contributed by atoms with Crippen molar-refractivity contribution in [1.82, 2.24) is 9.88 Å². The summed E-state index contributed by atoms with van der Waals surface area (Å²) in [5.74, 6) is 0.864. The minimum absolute atomic E-state index is 0.162. The Bertz CT molecular complexity index is 766. The molecule has 0 bridgehead atoms. The maximum absolute atomic E-state index is 12.6. The molecule has 0 aromatic carbocycles. The molecule has 1 fully saturated rings. The zero-order chi connectivity index (χ0) is 16.4. The number of furan rings is 1. The molecule has 1 saturated carbocycles. The molecule has 0 atom stereocenters. The van der Waals surface area contributed by atoms with Crippen LogP contribution in [-0.2, 0) is 6.54 Å². The van der Waals surface area contributed by atoms with Crippen LogP contribution in [0.3, 0.4) is 0 Å². The van der Waals surface area contributed by atoms with Gasteiger partial charge >= 0.3 is 0 Å². The van der Waals surface area contributed by atoms with E-state index < -0.39 is 0 Å². The van der Waals surface area contributed by atoms with E-state index in [9.17, 15) is 9.59 Å². The number of hydrogen-bond donors (Lipinski definition) is 1. The van der Waals surface area contributed by atoms with Gasteiger partial charge in [0.25, 0.3) is 11.5 Å². The van der Waals surface area contributed by atoms with Gasteiger partial charge in [0.15, 0.2) is 0 Å². The molecular weight excluding hydrogens is 292 g/mol. The largest absolute Gasteiger partial charge is 0.460 e. The van der Waals surface area contributed by atoms with E-state index >= 15 is 0 Å². The Morgan fingerprint density at radius 2 is 2.09 bits per heavy atom. The second-order valence-corrected chi connectivity index (χ2v) is 6.39. The molecule has 2 heterocycles. The SMILES string of the molecule is CCn1ccc2oc(C)c(C(=O)NCC3CCCCC3)c2c1=O. The number of nitrogens with zero attached hydrogens (tertiary/aromatic N) is 1. The van der Waals surface area contributed by atoms with Crippen molar-refractivity contribution in [2.75, 3.05) is 6.54 Å². The highest BCUT2D eigenvalue weighted by Crippen LogP contribution is 2.24. The van der Waals surface area contributed by atoms with Gasteiger partial charge in [-0.15, -0.1) is 0 Å². The Morgan fingerprint density at radius 1 is 1.35 bits per heavy atom. The van der Waals surface area contributed by atoms with Crippen molar-refractivity contribution in [3.8, 4) is 0 Å². The van der Waals surface area contributed by atoms with Gasteiger partial charge in [-0.05, 0) is 38.7 Å². The third-order valence-corrected chi connectivity index (χ3v) is 4.84. The van der Waals surface area contributed by atoms with Crippen molar-refractivity contribution < 1.29 is 9.21 Å². The minimum atomic E-state index is -0.197. The van der Waals surface area contributed by atoms with Crippen LogP contribution in [-0.4, -0.2) is 17.0 Å². The summed E-state index contributed by atoms with van der Waals surface area (Å²) in [7, 11) is 0. The van der Waals surface area contributed by atoms with Crippen molar-refractivity contribution in [2.24, 2.45) is 5.92 Å². The highest BCUT2D eigenvalue weighted by molar-refractivity contribution is 6.06. The highest BCUT2D eigenvalue weighted by atomic mass is 16.3. The average Bonchev–Trinajstić information content (AvgIpc) is 2.91. The first kappa shape index (κ1) is 15.8. The summed E-state index contributed by atoms with van der Waals surface area (Å²) in [5, 5.41) is 3.40. The quantitative estimate of drug-likeness (QED) is 0.942. The van der Waals surface area contributed by atoms with Crippen LogP contribution in [0, 0.1) is 12.8 Å². The van der Waals surface area contributed by atoms with Crippen LogP contribution in [0.5, 0.6) is 0 Å². The lowest BCUT2D eigenvalue weighted by atomic mass is 9.89. The molecule has 3 rings (SSSR count). The minimum Gasteiger partial charge on any atom is -0.460 e. The van der Waals surface area contributed by atoms with E-state index in [0.29, 0.717) is 41.3 Å².